The Labute approximate surface area is 646 Å². The molecule has 36 nitrogen and oxygen atoms in total. The number of H-pyrrole nitrogens is 7. The van der Waals surface area contributed by atoms with Crippen LogP contribution in [0.15, 0.2) is 192 Å². The van der Waals surface area contributed by atoms with Crippen molar-refractivity contribution in [1.29, 1.82) is 5.26 Å². The van der Waals surface area contributed by atoms with Crippen LogP contribution in [0.25, 0.3) is 83.6 Å². The van der Waals surface area contributed by atoms with E-state index in [9.17, 15) is 38.4 Å². The van der Waals surface area contributed by atoms with Gasteiger partial charge in [-0.25, -0.2) is 38.4 Å². The minimum atomic E-state index is -0.515. The largest absolute Gasteiger partial charge is 0.497 e. The van der Waals surface area contributed by atoms with Crippen LogP contribution in [0, 0.1) is 20.9 Å². The number of fused-ring (bicyclic) bond motifs is 5. The maximum Gasteiger partial charge on any atom is 0.318 e. The van der Waals surface area contributed by atoms with Gasteiger partial charge in [-0.3, -0.25) is 48.3 Å². The first kappa shape index (κ1) is 78.5. The van der Waals surface area contributed by atoms with Gasteiger partial charge in [-0.2, -0.15) is 30.8 Å². The van der Waals surface area contributed by atoms with Crippen LogP contribution < -0.4 is 58.2 Å². The Hall–Kier alpha value is -13.6. The molecule has 2 amide bonds. The summed E-state index contributed by atoms with van der Waals surface area (Å²) in [6.07, 6.45) is 7.34. The van der Waals surface area contributed by atoms with E-state index in [0.717, 1.165) is 63.8 Å². The van der Waals surface area contributed by atoms with Crippen molar-refractivity contribution in [3.05, 3.63) is 219 Å². The second kappa shape index (κ2) is 35.0. The number of nitrogens with two attached hydrogens (primary N) is 2. The molecule has 0 saturated carbocycles. The first-order valence-electron chi connectivity index (χ1n) is 32.5. The van der Waals surface area contributed by atoms with Crippen LogP contribution >= 0.6 is 59.7 Å². The summed E-state index contributed by atoms with van der Waals surface area (Å²) < 4.78 is 33.7. The summed E-state index contributed by atoms with van der Waals surface area (Å²) in [7, 11) is 7.67. The third-order valence-electron chi connectivity index (χ3n) is 15.9. The molecule has 0 aliphatic rings. The Morgan fingerprint density at radius 2 is 0.730 bits per heavy atom. The Balaban J connectivity index is 0.000000138. The molecular weight excluding hydrogens is 1530 g/mol. The maximum absolute atomic E-state index is 12.3. The van der Waals surface area contributed by atoms with Crippen LogP contribution in [-0.4, -0.2) is 168 Å². The average molecular weight is 1590 g/mol. The predicted octanol–water partition coefficient (Wildman–Crippen LogP) is 7.36. The molecule has 15 rings (SSSR count). The van der Waals surface area contributed by atoms with Crippen LogP contribution in [0.2, 0.25) is 0 Å². The number of thioether (sulfide) groups is 3. The van der Waals surface area contributed by atoms with Crippen LogP contribution in [0.5, 0.6) is 23.0 Å². The summed E-state index contributed by atoms with van der Waals surface area (Å²) in [5.41, 5.74) is 15.6. The molecular formula is C70H63N23O13S5. The number of hydrogen-bond donors (Lipinski definition) is 9. The van der Waals surface area contributed by atoms with Gasteiger partial charge in [0.2, 0.25) is 11.8 Å². The molecule has 3 unspecified atom stereocenters. The van der Waals surface area contributed by atoms with Crippen molar-refractivity contribution in [2.75, 3.05) is 35.5 Å². The lowest BCUT2D eigenvalue weighted by atomic mass is 10.2. The lowest BCUT2D eigenvalue weighted by Gasteiger charge is -2.08. The molecule has 0 saturated heterocycles. The first-order chi connectivity index (χ1) is 53.4. The number of nitriles is 1. The average Bonchev–Trinajstić information content (AvgIpc) is 1.69. The van der Waals surface area contributed by atoms with Crippen LogP contribution in [0.3, 0.4) is 0 Å². The number of hydrogen-bond acceptors (Lipinski definition) is 27. The Kier molecular flexibility index (Phi) is 24.8. The van der Waals surface area contributed by atoms with E-state index in [2.05, 4.69) is 75.3 Å². The van der Waals surface area contributed by atoms with E-state index in [1.165, 1.54) is 38.1 Å². The number of benzene rings is 5. The Morgan fingerprint density at radius 3 is 1.07 bits per heavy atom. The number of aromatic amines is 7. The van der Waals surface area contributed by atoms with Crippen molar-refractivity contribution < 1.29 is 38.1 Å². The van der Waals surface area contributed by atoms with Gasteiger partial charge in [-0.05, 0) is 154 Å². The highest BCUT2D eigenvalue weighted by molar-refractivity contribution is 8.00. The maximum atomic E-state index is 12.3. The van der Waals surface area contributed by atoms with Gasteiger partial charge in [-0.1, -0.05) is 41.4 Å². The van der Waals surface area contributed by atoms with E-state index < -0.39 is 33.5 Å². The second-order valence-electron chi connectivity index (χ2n) is 23.0. The number of carbonyl (C=O) groups excluding carboxylic acids is 3. The number of carbonyl (C=O) groups is 3. The molecule has 0 aliphatic heterocycles. The Morgan fingerprint density at radius 1 is 0.414 bits per heavy atom. The van der Waals surface area contributed by atoms with Gasteiger partial charge in [0.05, 0.1) is 117 Å². The van der Waals surface area contributed by atoms with Crippen molar-refractivity contribution in [1.82, 2.24) is 98.7 Å². The van der Waals surface area contributed by atoms with E-state index in [0.29, 0.717) is 99.1 Å². The molecule has 111 heavy (non-hydrogen) atoms. The standard InChI is InChI=1S/C16H16N4O4S.2C15H15N5O3S.C12H7N5OS.C12H10N4O2S/c1-9(15(22)24-3)25-16-18-13-12(14(21)19-16)8-17-20(13)10-4-6-11(23-2)7-5-10;1-8(12(16)21)24-15-18-13-11(14(22)19-15)7-17-20(13)9-3-5-10(23-2)6-4-9;1-8(12(16)21)24-15-18-13-11(14(22)19-15)7-17-20(13)9-4-3-5-10(6-9)23-2;13-5-7-1-3-8(4-2-7)17-10-9(6-14-17)11(18)16-12(19)15-10;1-18-8-4-2-7(3-5-8)16-10-9(6-13-16)11(17)15-12(19)14-10/h4-9H,1-3H3,(H,18,19,21);2*3-8H,1-2H3,(H2,16,21)(H,18,19,22);1-4,6H,(H2,15,16,18,19);2-6H,1H3,(H2,14,15,17,19). The number of ether oxygens (including phenoxy) is 5. The minimum absolute atomic E-state index is 0.243. The monoisotopic (exact) mass is 1590 g/mol. The number of nitrogens with zero attached hydrogens (tertiary/aromatic N) is 14. The summed E-state index contributed by atoms with van der Waals surface area (Å²) in [5.74, 6) is 1.50. The molecule has 0 fully saturated rings. The van der Waals surface area contributed by atoms with Gasteiger partial charge < -0.3 is 60.1 Å². The fourth-order valence-electron chi connectivity index (χ4n) is 10.1. The quantitative estimate of drug-likeness (QED) is 0.0175. The molecule has 0 bridgehead atoms. The topological polar surface area (TPSA) is 497 Å². The van der Waals surface area contributed by atoms with Gasteiger partial charge in [0.1, 0.15) is 66.5 Å². The summed E-state index contributed by atoms with van der Waals surface area (Å²) in [4.78, 5) is 126. The summed E-state index contributed by atoms with van der Waals surface area (Å²) in [6.45, 7) is 4.98. The lowest BCUT2D eigenvalue weighted by Crippen LogP contribution is -2.23. The van der Waals surface area contributed by atoms with Gasteiger partial charge in [0.25, 0.3) is 27.8 Å². The fraction of sp³-hybridized carbons (Fsp3) is 0.157. The van der Waals surface area contributed by atoms with E-state index in [-0.39, 0.29) is 37.3 Å². The molecule has 15 aromatic rings. The van der Waals surface area contributed by atoms with E-state index >= 15 is 0 Å². The van der Waals surface area contributed by atoms with Crippen molar-refractivity contribution in [3.63, 3.8) is 0 Å². The zero-order chi connectivity index (χ0) is 79.3. The summed E-state index contributed by atoms with van der Waals surface area (Å²) >= 11 is 13.2. The normalized spacial score (nSPS) is 11.7. The number of esters is 1. The van der Waals surface area contributed by atoms with Crippen molar-refractivity contribution in [3.8, 4) is 57.5 Å². The van der Waals surface area contributed by atoms with Gasteiger partial charge in [-0.15, -0.1) is 0 Å². The van der Waals surface area contributed by atoms with Crippen LogP contribution in [0.4, 0.5) is 0 Å². The van der Waals surface area contributed by atoms with Crippen LogP contribution in [-0.2, 0) is 19.1 Å². The zero-order valence-corrected chi connectivity index (χ0v) is 63.5. The molecule has 10 heterocycles. The smallest absolute Gasteiger partial charge is 0.318 e. The van der Waals surface area contributed by atoms with Crippen LogP contribution in [0.1, 0.15) is 26.3 Å². The van der Waals surface area contributed by atoms with E-state index in [1.807, 2.05) is 72.8 Å². The highest BCUT2D eigenvalue weighted by atomic mass is 32.2. The lowest BCUT2D eigenvalue weighted by molar-refractivity contribution is -0.139. The summed E-state index contributed by atoms with van der Waals surface area (Å²) in [5, 5.41) is 31.2. The third kappa shape index (κ3) is 18.2. The molecule has 0 spiro atoms. The first-order valence-corrected chi connectivity index (χ1v) is 35.9. The highest BCUT2D eigenvalue weighted by Crippen LogP contribution is 2.27. The SMILES string of the molecule is COC(=O)C(C)Sc1nc2c(cnn2-c2ccc(OC)cc2)c(=O)[nH]1.COc1ccc(-n2ncc3c(=O)[nH]c(=S)[nH]c32)cc1.COc1ccc(-n2ncc3c(=O)[nH]c(SC(C)C(N)=O)nc32)cc1.COc1cccc(-n2ncc3c(=O)[nH]c(SC(C)C(N)=O)nc32)c1.N#Cc1ccc(-n2ncc3c(=O)[nH]c(=S)[nH]c32)cc1. The fourth-order valence-corrected chi connectivity index (χ4v) is 12.8. The molecule has 0 radical (unpaired) electrons. The number of amides is 2. The zero-order valence-electron chi connectivity index (χ0n) is 59.4. The molecule has 11 N–H and O–H groups in total. The third-order valence-corrected chi connectivity index (χ3v) is 19.3. The Bertz CT molecular complexity index is 6430. The molecule has 41 heteroatoms. The van der Waals surface area contributed by atoms with Gasteiger partial charge >= 0.3 is 5.97 Å². The van der Waals surface area contributed by atoms with Crippen molar-refractivity contribution >= 4 is 133 Å². The molecule has 3 atom stereocenters. The second-order valence-corrected chi connectivity index (χ2v) is 27.8. The predicted molar refractivity (Wildman–Crippen MR) is 419 cm³/mol. The number of methoxy groups -OCH3 is 5. The molecule has 5 aromatic carbocycles. The van der Waals surface area contributed by atoms with Crippen molar-refractivity contribution in [2.24, 2.45) is 11.5 Å². The number of aromatic nitrogens is 20. The number of rotatable bonds is 18. The molecule has 0 aliphatic carbocycles. The molecule has 566 valence electrons. The summed E-state index contributed by atoms with van der Waals surface area (Å²) in [6, 6.07) is 38.0. The minimum Gasteiger partial charge on any atom is -0.497 e. The van der Waals surface area contributed by atoms with E-state index in [4.69, 9.17) is 64.8 Å². The highest BCUT2D eigenvalue weighted by Gasteiger charge is 2.22. The van der Waals surface area contributed by atoms with Crippen molar-refractivity contribution in [2.45, 2.75) is 52.0 Å². The van der Waals surface area contributed by atoms with E-state index in [1.54, 1.807) is 127 Å². The number of primary amides is 2. The number of nitrogens with one attached hydrogen (secondary N) is 7. The molecule has 10 aromatic heterocycles. The van der Waals surface area contributed by atoms with Gasteiger partial charge in [0, 0.05) is 6.07 Å². The van der Waals surface area contributed by atoms with Gasteiger partial charge in [0.15, 0.2) is 42.0 Å².